The molecule has 4 rings (SSSR count). The number of ether oxygens (including phenoxy) is 1. The minimum atomic E-state index is -4.35. The number of hydrogen-bond acceptors (Lipinski definition) is 7. The van der Waals surface area contributed by atoms with Crippen molar-refractivity contribution in [1.29, 1.82) is 0 Å². The van der Waals surface area contributed by atoms with E-state index in [2.05, 4.69) is 15.1 Å². The van der Waals surface area contributed by atoms with Crippen molar-refractivity contribution >= 4 is 102 Å². The number of hydrogen-bond donors (Lipinski definition) is 2. The number of para-hydroxylation sites is 1. The summed E-state index contributed by atoms with van der Waals surface area (Å²) in [5.74, 6) is -3.09. The number of fused-ring (bicyclic) bond motifs is 1. The van der Waals surface area contributed by atoms with Crippen molar-refractivity contribution in [2.45, 2.75) is 12.1 Å². The molecule has 0 fully saturated rings. The van der Waals surface area contributed by atoms with Crippen molar-refractivity contribution in [2.24, 2.45) is 0 Å². The number of aryl methyl sites for hydroxylation is 1. The van der Waals surface area contributed by atoms with Crippen LogP contribution in [0.4, 0.5) is 14.5 Å². The summed E-state index contributed by atoms with van der Waals surface area (Å²) in [7, 11) is -3.01. The van der Waals surface area contributed by atoms with Crippen molar-refractivity contribution in [3.05, 3.63) is 75.5 Å². The van der Waals surface area contributed by atoms with Gasteiger partial charge in [0, 0.05) is 11.9 Å². The number of rotatable bonds is 5. The summed E-state index contributed by atoms with van der Waals surface area (Å²) in [5, 5.41) is 12.2. The average Bonchev–Trinajstić information content (AvgIpc) is 3.22. The minimum absolute atomic E-state index is 0. The molecule has 4 aromatic rings. The molecule has 0 saturated heterocycles. The number of nitrogens with zero attached hydrogens (tertiary/aromatic N) is 4. The maximum absolute atomic E-state index is 13.5. The van der Waals surface area contributed by atoms with Crippen LogP contribution in [0.2, 0.25) is 10.0 Å². The molecule has 0 aliphatic carbocycles. The van der Waals surface area contributed by atoms with E-state index < -0.39 is 38.5 Å². The van der Waals surface area contributed by atoms with E-state index in [-0.39, 0.29) is 78.5 Å². The number of carboxylic acid groups (broad SMARTS) is 1. The molecule has 0 amide bonds. The summed E-state index contributed by atoms with van der Waals surface area (Å²) in [5.41, 5.74) is -0.279. The summed E-state index contributed by atoms with van der Waals surface area (Å²) in [6, 6.07) is 7.50. The number of aromatic carboxylic acids is 1. The van der Waals surface area contributed by atoms with Gasteiger partial charge in [-0.3, -0.25) is 4.72 Å². The molecule has 0 aliphatic rings. The van der Waals surface area contributed by atoms with E-state index in [1.54, 1.807) is 17.7 Å². The Labute approximate surface area is 256 Å². The van der Waals surface area contributed by atoms with E-state index in [0.29, 0.717) is 5.69 Å². The summed E-state index contributed by atoms with van der Waals surface area (Å²) >= 11 is 11.4. The Bertz CT molecular complexity index is 1520. The molecular formula is C20H16Cl2F2KN5O5S. The second-order valence-corrected chi connectivity index (χ2v) is 9.04. The first-order valence-corrected chi connectivity index (χ1v) is 11.6. The van der Waals surface area contributed by atoms with Gasteiger partial charge >= 0.3 is 57.4 Å². The number of methoxy groups -OCH3 is 1. The molecule has 2 aromatic heterocycles. The van der Waals surface area contributed by atoms with Crippen LogP contribution in [0.25, 0.3) is 5.78 Å². The van der Waals surface area contributed by atoms with Gasteiger partial charge in [-0.05, 0) is 37.3 Å². The Hall–Kier alpha value is -1.91. The van der Waals surface area contributed by atoms with E-state index in [1.165, 1.54) is 25.4 Å². The van der Waals surface area contributed by atoms with Crippen molar-refractivity contribution in [3.63, 3.8) is 0 Å². The van der Waals surface area contributed by atoms with Crippen molar-refractivity contribution < 1.29 is 31.8 Å². The van der Waals surface area contributed by atoms with Crippen LogP contribution in [0.5, 0.6) is 5.75 Å². The summed E-state index contributed by atoms with van der Waals surface area (Å²) in [6.07, 6.45) is 1.48. The van der Waals surface area contributed by atoms with Gasteiger partial charge in [0.05, 0.1) is 17.2 Å². The quantitative estimate of drug-likeness (QED) is 0.339. The second-order valence-electron chi connectivity index (χ2n) is 6.65. The van der Waals surface area contributed by atoms with Gasteiger partial charge in [-0.25, -0.2) is 23.1 Å². The molecule has 0 aliphatic heterocycles. The molecule has 0 spiro atoms. The molecule has 2 aromatic carbocycles. The normalized spacial score (nSPS) is 10.7. The Kier molecular flexibility index (Phi) is 10.6. The third kappa shape index (κ3) is 6.89. The Morgan fingerprint density at radius 2 is 1.69 bits per heavy atom. The summed E-state index contributed by atoms with van der Waals surface area (Å²) in [4.78, 5) is 18.5. The standard InChI is InChI=1S/C12H9F2N5O2S.C8H6Cl2O3.K.H/c1-7-5-6-19-11(15-7)16-12(17-19)22(20,21)18-10-8(13)3-2-4-9(10)14;1-13-7-5(10)3-2-4(9)6(7)8(11)12;;/h2-6,18H,1H3;2-3H,1H3,(H,11,12);;. The number of nitrogens with one attached hydrogen (secondary N) is 1. The van der Waals surface area contributed by atoms with Crippen LogP contribution < -0.4 is 9.46 Å². The fraction of sp³-hybridized carbons (Fsp3) is 0.100. The SMILES string of the molecule is COc1c(Cl)ccc(Cl)c1C(=O)O.Cc1ccn2nc(S(=O)(=O)Nc3c(F)cccc3F)nc2n1.[KH]. The first kappa shape index (κ1) is 30.3. The van der Waals surface area contributed by atoms with E-state index in [1.807, 2.05) is 0 Å². The molecule has 0 atom stereocenters. The van der Waals surface area contributed by atoms with E-state index in [4.69, 9.17) is 33.0 Å². The molecule has 2 N–H and O–H groups in total. The first-order valence-electron chi connectivity index (χ1n) is 9.36. The first-order chi connectivity index (χ1) is 16.4. The Morgan fingerprint density at radius 1 is 1.08 bits per heavy atom. The topological polar surface area (TPSA) is 136 Å². The molecule has 10 nitrogen and oxygen atoms in total. The number of halogens is 4. The maximum atomic E-state index is 13.5. The number of sulfonamides is 1. The van der Waals surface area contributed by atoms with Crippen molar-refractivity contribution in [2.75, 3.05) is 11.8 Å². The molecule has 186 valence electrons. The van der Waals surface area contributed by atoms with Gasteiger partial charge in [0.15, 0.2) is 5.75 Å². The average molecular weight is 586 g/mol. The molecular weight excluding hydrogens is 570 g/mol. The van der Waals surface area contributed by atoms with Crippen LogP contribution >= 0.6 is 23.2 Å². The summed E-state index contributed by atoms with van der Waals surface area (Å²) in [6.45, 7) is 1.70. The molecule has 0 saturated carbocycles. The van der Waals surface area contributed by atoms with Gasteiger partial charge < -0.3 is 9.84 Å². The fourth-order valence-electron chi connectivity index (χ4n) is 2.67. The van der Waals surface area contributed by atoms with Gasteiger partial charge in [-0.2, -0.15) is 13.4 Å². The zero-order valence-electron chi connectivity index (χ0n) is 17.8. The van der Waals surface area contributed by atoms with Crippen LogP contribution in [0.1, 0.15) is 16.1 Å². The Balaban J connectivity index is 0.000000281. The van der Waals surface area contributed by atoms with Gasteiger partial charge in [-0.1, -0.05) is 29.3 Å². The fourth-order valence-corrected chi connectivity index (χ4v) is 4.08. The van der Waals surface area contributed by atoms with Gasteiger partial charge in [0.1, 0.15) is 22.9 Å². The number of anilines is 1. The van der Waals surface area contributed by atoms with Crippen molar-refractivity contribution in [1.82, 2.24) is 19.6 Å². The van der Waals surface area contributed by atoms with Crippen LogP contribution in [-0.4, -0.2) is 97.6 Å². The third-order valence-electron chi connectivity index (χ3n) is 4.24. The van der Waals surface area contributed by atoms with E-state index in [9.17, 15) is 22.0 Å². The molecule has 0 unspecified atom stereocenters. The number of carbonyl (C=O) groups is 1. The van der Waals surface area contributed by atoms with Crippen LogP contribution in [0.3, 0.4) is 0 Å². The van der Waals surface area contributed by atoms with Gasteiger partial charge in [-0.15, -0.1) is 5.10 Å². The molecule has 2 heterocycles. The van der Waals surface area contributed by atoms with Gasteiger partial charge in [0.25, 0.3) is 21.0 Å². The second kappa shape index (κ2) is 12.6. The zero-order chi connectivity index (χ0) is 25.9. The predicted molar refractivity (Wildman–Crippen MR) is 130 cm³/mol. The van der Waals surface area contributed by atoms with E-state index in [0.717, 1.165) is 22.7 Å². The van der Waals surface area contributed by atoms with Crippen LogP contribution in [0.15, 0.2) is 47.8 Å². The number of carboxylic acids is 1. The molecule has 0 radical (unpaired) electrons. The van der Waals surface area contributed by atoms with Crippen LogP contribution in [0, 0.1) is 18.6 Å². The summed E-state index contributed by atoms with van der Waals surface area (Å²) < 4.78 is 59.1. The van der Waals surface area contributed by atoms with Gasteiger partial charge in [0.2, 0.25) is 0 Å². The predicted octanol–water partition coefficient (Wildman–Crippen LogP) is 3.56. The van der Waals surface area contributed by atoms with Crippen LogP contribution in [-0.2, 0) is 10.0 Å². The zero-order valence-corrected chi connectivity index (χ0v) is 20.2. The Morgan fingerprint density at radius 3 is 2.25 bits per heavy atom. The number of aromatic nitrogens is 4. The molecule has 16 heteroatoms. The molecule has 0 bridgehead atoms. The third-order valence-corrected chi connectivity index (χ3v) is 5.98. The van der Waals surface area contributed by atoms with E-state index >= 15 is 0 Å². The number of benzene rings is 2. The molecule has 36 heavy (non-hydrogen) atoms. The van der Waals surface area contributed by atoms with Crippen molar-refractivity contribution in [3.8, 4) is 5.75 Å². The monoisotopic (exact) mass is 585 g/mol.